The maximum absolute atomic E-state index is 12.9. The molecule has 11 unspecified atom stereocenters. The molecule has 2 bridgehead atoms. The molecule has 5 heterocycles. The third-order valence-electron chi connectivity index (χ3n) is 39.7. The molecular formula is C118H75IN5O4+. The molecule has 0 radical (unpaired) electrons. The summed E-state index contributed by atoms with van der Waals surface area (Å²) in [4.78, 5) is 34.0. The molecule has 4 saturated heterocycles. The van der Waals surface area contributed by atoms with Crippen LogP contribution in [-0.2, 0) is 72.4 Å². The van der Waals surface area contributed by atoms with E-state index in [4.69, 9.17) is 0 Å². The Kier molecular flexibility index (Phi) is 10.0. The molecule has 23 aromatic carbocycles. The van der Waals surface area contributed by atoms with Gasteiger partial charge in [0.05, 0.1) is 26.2 Å². The van der Waals surface area contributed by atoms with E-state index in [-0.39, 0.29) is 53.2 Å². The molecule has 17 aliphatic rings. The molecule has 602 valence electrons. The summed E-state index contributed by atoms with van der Waals surface area (Å²) in [5, 5.41) is 80.7. The van der Waals surface area contributed by atoms with Gasteiger partial charge in [0.1, 0.15) is 13.1 Å². The van der Waals surface area contributed by atoms with Crippen molar-refractivity contribution < 1.29 is 53.2 Å². The van der Waals surface area contributed by atoms with Crippen LogP contribution in [0.25, 0.3) is 232 Å². The topological polar surface area (TPSA) is 92.6 Å². The number of quaternary nitrogens is 1. The maximum atomic E-state index is 12.9. The number of benzene rings is 19. The van der Waals surface area contributed by atoms with Crippen LogP contribution in [0.1, 0.15) is 160 Å². The Morgan fingerprint density at radius 1 is 0.445 bits per heavy atom. The lowest BCUT2D eigenvalue weighted by atomic mass is 9.45. The molecule has 13 aliphatic carbocycles. The zero-order valence-electron chi connectivity index (χ0n) is 70.6. The van der Waals surface area contributed by atoms with Gasteiger partial charge in [0.25, 0.3) is 0 Å². The highest BCUT2D eigenvalue weighted by Crippen LogP contribution is 2.80. The highest BCUT2D eigenvalue weighted by molar-refractivity contribution is 6.61. The van der Waals surface area contributed by atoms with Crippen LogP contribution >= 0.6 is 0 Å². The van der Waals surface area contributed by atoms with E-state index in [2.05, 4.69) is 169 Å². The summed E-state index contributed by atoms with van der Waals surface area (Å²) in [6, 6.07) is 47.3. The van der Waals surface area contributed by atoms with Crippen LogP contribution in [0.4, 0.5) is 0 Å². The number of nitrogens with one attached hydrogen (secondary N) is 1. The Morgan fingerprint density at radius 2 is 0.898 bits per heavy atom. The van der Waals surface area contributed by atoms with Gasteiger partial charge in [-0.05, 0) is 408 Å². The molecule has 0 saturated carbocycles. The van der Waals surface area contributed by atoms with E-state index < -0.39 is 18.0 Å². The zero-order valence-corrected chi connectivity index (χ0v) is 72.8. The van der Waals surface area contributed by atoms with Crippen molar-refractivity contribution in [1.29, 1.82) is 0 Å². The van der Waals surface area contributed by atoms with Gasteiger partial charge in [-0.25, -0.2) is 4.57 Å². The number of pyridine rings is 1. The second-order valence-electron chi connectivity index (χ2n) is 44.1. The quantitative estimate of drug-likeness (QED) is 0.0918. The number of hydrogen-bond donors (Lipinski definition) is 3. The number of halogens is 1. The monoisotopic (exact) mass is 1750 g/mol. The van der Waals surface area contributed by atoms with Gasteiger partial charge in [-0.15, -0.1) is 0 Å². The van der Waals surface area contributed by atoms with E-state index in [1.54, 1.807) is 207 Å². The first kappa shape index (κ1) is 65.5. The normalized spacial score (nSPS) is 26.1. The SMILES string of the molecule is CN1CC2c3cc4c5c6c(cc7ccc8cc9c%10c%11c(cc(c%12c3c5c(c%12%11)c3c6c7c8c%103)C2C1c1ccc[n+](C)c1)C9)C4.C[NH+]1CCN2CCC1CC13C4=C5C=C6Cc7cc8ccc9cc%10c%11c%12c(cc(c4c%12c1c1c%11c9c8c-1c7C63C2)CC5)C%10.O=C(O)CN1CC2c3cc4c5c6c(cc7ccc8cc9c%10c%11c(cc(c%12c3c5c(c%12%11)c3c6c7c8c%103)C2C1C(=O)O)C9)C4.[I-]. The second kappa shape index (κ2) is 19.6. The number of carboxylic acids is 2. The number of aromatic nitrogens is 1. The standard InChI is InChI=1S/C41H25N2.C40H30N2.C37H19NO4.HI/c1-42-7-3-4-18(14-42)41-32-24-13-22-11-20-9-17-6-5-16-8-19-10-21-12-23(25(32)15-43(41)2)33-34(24)38-31(22)29(20)36-27(17)26(16)35-28(19)30(21)37(33)40(38)39(35)36;1-41-8-9-42-7-6-26(41)16-39-36-21-5-4-20-11-23-13-22-10-18-2-3-19-12-24-15-25(14-21)40(39,17-42)37(24)34-28(19)27(18)32-29(22)30(23)33(31(20)36)38(39)35(32)34;39-20(40)10-38-9-19-17-7-15-5-13-3-11-1-2-12-4-14-6-16-8-18(27(19)36(38)37(41)42)29-28(17)32-25(15)23(13)30-21(11)22(12)31-24(14)26(16)33(29)35(32)34(30)31;/h3-9,12-14,25,32,41H,10-11,15H2,1-2H3;2-3,10-12,14,26H,4-9,13,15-17H2,1H3;1-4,7-8,19,27,36H,5-6,9-10H2,(H,39,40)(H,41,42);1H/q+1;;;. The van der Waals surface area contributed by atoms with Crippen molar-refractivity contribution >= 4 is 233 Å². The highest BCUT2D eigenvalue weighted by Gasteiger charge is 2.72. The molecule has 41 rings (SSSR count). The Balaban J connectivity index is 0.0000000815. The molecule has 2 spiro atoms. The molecule has 24 aromatic rings. The van der Waals surface area contributed by atoms with Gasteiger partial charge in [-0.3, -0.25) is 24.3 Å². The van der Waals surface area contributed by atoms with Crippen LogP contribution in [0.2, 0.25) is 0 Å². The Labute approximate surface area is 746 Å². The van der Waals surface area contributed by atoms with E-state index in [0.717, 1.165) is 50.6 Å². The molecule has 3 N–H and O–H groups in total. The van der Waals surface area contributed by atoms with Crippen molar-refractivity contribution in [3.05, 3.63) is 256 Å². The number of nitrogens with zero attached hydrogens (tertiary/aromatic N) is 4. The predicted octanol–water partition coefficient (Wildman–Crippen LogP) is 18.4. The summed E-state index contributed by atoms with van der Waals surface area (Å²) in [5.41, 5.74) is 39.7. The molecule has 4 fully saturated rings. The molecule has 11 atom stereocenters. The molecule has 9 nitrogen and oxygen atoms in total. The van der Waals surface area contributed by atoms with Crippen LogP contribution in [0.3, 0.4) is 0 Å². The second-order valence-corrected chi connectivity index (χ2v) is 44.1. The fourth-order valence-electron chi connectivity index (χ4n) is 36.5. The van der Waals surface area contributed by atoms with Gasteiger partial charge < -0.3 is 39.1 Å². The van der Waals surface area contributed by atoms with Crippen molar-refractivity contribution in [3.8, 4) is 11.1 Å². The van der Waals surface area contributed by atoms with Gasteiger partial charge in [0, 0.05) is 97.7 Å². The number of aryl methyl sites for hydroxylation is 2. The summed E-state index contributed by atoms with van der Waals surface area (Å²) in [6.45, 7) is 6.33. The summed E-state index contributed by atoms with van der Waals surface area (Å²) in [7, 11) is 7.08. The summed E-state index contributed by atoms with van der Waals surface area (Å²) >= 11 is 0. The first-order valence-corrected chi connectivity index (χ1v) is 47.7. The Morgan fingerprint density at radius 3 is 1.44 bits per heavy atom. The maximum Gasteiger partial charge on any atom is 0.321 e. The summed E-state index contributed by atoms with van der Waals surface area (Å²) in [5.74, 6) is -1.24. The number of carboxylic acid groups (broad SMARTS) is 2. The number of likely N-dealkylation sites (tertiary alicyclic amines) is 2. The lowest BCUT2D eigenvalue weighted by Gasteiger charge is -2.58. The summed E-state index contributed by atoms with van der Waals surface area (Å²) < 4.78 is 2.24. The van der Waals surface area contributed by atoms with Crippen LogP contribution in [0.5, 0.6) is 0 Å². The lowest BCUT2D eigenvalue weighted by Crippen LogP contribution is -3.13. The number of hydrogen-bond acceptors (Lipinski definition) is 5. The van der Waals surface area contributed by atoms with Crippen molar-refractivity contribution in [3.63, 3.8) is 0 Å². The third-order valence-corrected chi connectivity index (χ3v) is 39.7. The van der Waals surface area contributed by atoms with Crippen LogP contribution in [-0.4, -0.2) is 109 Å². The zero-order chi connectivity index (χ0) is 81.2. The van der Waals surface area contributed by atoms with E-state index in [0.29, 0.717) is 30.5 Å². The number of allylic oxidation sites excluding steroid dienone is 3. The first-order valence-electron chi connectivity index (χ1n) is 47.7. The number of aliphatic carboxylic acids is 2. The van der Waals surface area contributed by atoms with Crippen molar-refractivity contribution in [2.75, 3.05) is 59.9 Å². The van der Waals surface area contributed by atoms with Crippen molar-refractivity contribution in [1.82, 2.24) is 14.7 Å². The molecule has 128 heavy (non-hydrogen) atoms. The Hall–Kier alpha value is -12.0. The molecule has 1 aromatic heterocycles. The first-order chi connectivity index (χ1) is 62.3. The van der Waals surface area contributed by atoms with Crippen LogP contribution < -0.4 is 33.4 Å². The molecular weight excluding hydrogens is 1680 g/mol. The van der Waals surface area contributed by atoms with E-state index in [1.807, 2.05) is 11.1 Å². The van der Waals surface area contributed by atoms with Crippen LogP contribution in [0.15, 0.2) is 145 Å². The summed E-state index contributed by atoms with van der Waals surface area (Å²) in [6.07, 6.45) is 18.6. The average molecular weight is 1750 g/mol. The fourth-order valence-corrected chi connectivity index (χ4v) is 36.5. The number of likely N-dealkylation sites (N-methyl/N-ethyl adjacent to an activating group) is 2. The smallest absolute Gasteiger partial charge is 0.321 e. The lowest BCUT2D eigenvalue weighted by molar-refractivity contribution is -0.904. The predicted molar refractivity (Wildman–Crippen MR) is 511 cm³/mol. The van der Waals surface area contributed by atoms with Crippen LogP contribution in [0, 0.1) is 0 Å². The van der Waals surface area contributed by atoms with Gasteiger partial charge in [-0.1, -0.05) is 115 Å². The molecule has 4 aliphatic heterocycles. The highest BCUT2D eigenvalue weighted by atomic mass is 127. The van der Waals surface area contributed by atoms with E-state index in [1.165, 1.54) is 193 Å². The van der Waals surface area contributed by atoms with E-state index >= 15 is 0 Å². The fraction of sp³-hybridized carbons (Fsp3) is 0.246. The number of rotatable bonds is 4. The third kappa shape index (κ3) is 6.14. The van der Waals surface area contributed by atoms with Crippen molar-refractivity contribution in [2.24, 2.45) is 7.05 Å². The van der Waals surface area contributed by atoms with Gasteiger partial charge in [-0.2, -0.15) is 0 Å². The van der Waals surface area contributed by atoms with Gasteiger partial charge in [0.15, 0.2) is 12.4 Å². The number of carbonyl (C=O) groups is 2. The van der Waals surface area contributed by atoms with Gasteiger partial charge in [0.2, 0.25) is 0 Å². The minimum Gasteiger partial charge on any atom is -1.00 e. The average Bonchev–Trinajstić information content (AvgIpc) is 1.43. The van der Waals surface area contributed by atoms with Gasteiger partial charge >= 0.3 is 11.9 Å². The van der Waals surface area contributed by atoms with E-state index in [9.17, 15) is 19.8 Å². The Bertz CT molecular complexity index is 9990. The number of fused-ring (bicyclic) bond motifs is 9. The minimum absolute atomic E-state index is 0. The molecule has 0 amide bonds. The van der Waals surface area contributed by atoms with Crippen molar-refractivity contribution in [2.45, 2.75) is 117 Å². The molecule has 10 heteroatoms. The minimum atomic E-state index is -0.975. The largest absolute Gasteiger partial charge is 1.00 e.